The second kappa shape index (κ2) is 4.06. The summed E-state index contributed by atoms with van der Waals surface area (Å²) in [7, 11) is 0. The van der Waals surface area contributed by atoms with Crippen LogP contribution in [0, 0.1) is 0 Å². The van der Waals surface area contributed by atoms with Gasteiger partial charge in [0.25, 0.3) is 0 Å². The molecule has 0 aliphatic heterocycles. The predicted molar refractivity (Wildman–Crippen MR) is 37.5 cm³/mol. The summed E-state index contributed by atoms with van der Waals surface area (Å²) in [5.41, 5.74) is 0.347. The minimum absolute atomic E-state index is 0.154. The van der Waals surface area contributed by atoms with Crippen LogP contribution in [0.5, 0.6) is 0 Å². The van der Waals surface area contributed by atoms with Gasteiger partial charge in [0.05, 0.1) is 6.61 Å². The van der Waals surface area contributed by atoms with Crippen LogP contribution in [0.4, 0.5) is 0 Å². The zero-order valence-corrected chi connectivity index (χ0v) is 6.26. The Morgan fingerprint density at radius 2 is 2.30 bits per heavy atom. The normalized spacial score (nSPS) is 12.3. The van der Waals surface area contributed by atoms with Crippen LogP contribution in [-0.4, -0.2) is 23.8 Å². The minimum Gasteiger partial charge on any atom is -0.457 e. The van der Waals surface area contributed by atoms with Crippen molar-refractivity contribution in [3.8, 4) is 0 Å². The maximum atomic E-state index is 10.7. The molecule has 1 N–H and O–H groups in total. The fraction of sp³-hybridized carbons (Fsp3) is 0.571. The first-order chi connectivity index (χ1) is 4.57. The summed E-state index contributed by atoms with van der Waals surface area (Å²) in [4.78, 5) is 10.7. The minimum atomic E-state index is -0.457. The Morgan fingerprint density at radius 3 is 2.60 bits per heavy atom. The van der Waals surface area contributed by atoms with Gasteiger partial charge in [-0.3, -0.25) is 0 Å². The molecule has 0 amide bonds. The molecule has 0 aromatic heterocycles. The van der Waals surface area contributed by atoms with E-state index in [4.69, 9.17) is 5.11 Å². The highest BCUT2D eigenvalue weighted by atomic mass is 16.5. The quantitative estimate of drug-likeness (QED) is 0.463. The van der Waals surface area contributed by atoms with Crippen LogP contribution in [0.25, 0.3) is 0 Å². The zero-order valence-electron chi connectivity index (χ0n) is 6.26. The molecule has 0 saturated heterocycles. The maximum absolute atomic E-state index is 10.7. The van der Waals surface area contributed by atoms with Crippen molar-refractivity contribution in [3.05, 3.63) is 12.2 Å². The fourth-order valence-corrected chi connectivity index (χ4v) is 0.321. The van der Waals surface area contributed by atoms with Gasteiger partial charge < -0.3 is 9.84 Å². The molecule has 0 saturated carbocycles. The van der Waals surface area contributed by atoms with Crippen molar-refractivity contribution in [1.82, 2.24) is 0 Å². The van der Waals surface area contributed by atoms with E-state index in [2.05, 4.69) is 11.3 Å². The number of ether oxygens (including phenoxy) is 1. The van der Waals surface area contributed by atoms with E-state index in [1.54, 1.807) is 13.8 Å². The second-order valence-electron chi connectivity index (χ2n) is 2.18. The number of carbonyl (C=O) groups is 1. The molecule has 0 unspecified atom stereocenters. The van der Waals surface area contributed by atoms with Gasteiger partial charge in [0, 0.05) is 5.57 Å². The van der Waals surface area contributed by atoms with Gasteiger partial charge in [-0.25, -0.2) is 4.79 Å². The molecule has 0 rings (SSSR count). The van der Waals surface area contributed by atoms with Crippen molar-refractivity contribution in [2.45, 2.75) is 20.0 Å². The summed E-state index contributed by atoms with van der Waals surface area (Å²) in [6, 6.07) is 0. The lowest BCUT2D eigenvalue weighted by atomic mass is 10.3. The summed E-state index contributed by atoms with van der Waals surface area (Å²) in [5.74, 6) is -0.457. The second-order valence-corrected chi connectivity index (χ2v) is 2.18. The van der Waals surface area contributed by atoms with E-state index in [-0.39, 0.29) is 6.61 Å². The predicted octanol–water partition coefficient (Wildman–Crippen LogP) is 0.486. The third-order valence-corrected chi connectivity index (χ3v) is 0.914. The lowest BCUT2D eigenvalue weighted by Gasteiger charge is -2.08. The van der Waals surface area contributed by atoms with Gasteiger partial charge in [-0.1, -0.05) is 6.58 Å². The molecular formula is C7H12O3. The molecule has 0 fully saturated rings. The van der Waals surface area contributed by atoms with Crippen LogP contribution in [0.3, 0.4) is 0 Å². The number of carbonyl (C=O) groups excluding carboxylic acids is 1. The molecule has 1 atom stereocenters. The highest BCUT2D eigenvalue weighted by molar-refractivity contribution is 5.87. The van der Waals surface area contributed by atoms with Crippen LogP contribution in [0.15, 0.2) is 12.2 Å². The summed E-state index contributed by atoms with van der Waals surface area (Å²) in [6.45, 7) is 6.41. The van der Waals surface area contributed by atoms with Crippen molar-refractivity contribution in [3.63, 3.8) is 0 Å². The van der Waals surface area contributed by atoms with Crippen molar-refractivity contribution >= 4 is 5.97 Å². The molecule has 0 bridgehead atoms. The Bertz CT molecular complexity index is 140. The van der Waals surface area contributed by atoms with Crippen LogP contribution < -0.4 is 0 Å². The summed E-state index contributed by atoms with van der Waals surface area (Å²) >= 11 is 0. The van der Waals surface area contributed by atoms with E-state index in [1.807, 2.05) is 0 Å². The van der Waals surface area contributed by atoms with E-state index in [0.717, 1.165) is 0 Å². The van der Waals surface area contributed by atoms with E-state index in [9.17, 15) is 4.79 Å². The van der Waals surface area contributed by atoms with Crippen molar-refractivity contribution in [2.24, 2.45) is 0 Å². The summed E-state index contributed by atoms with van der Waals surface area (Å²) in [5, 5.41) is 8.46. The fourth-order valence-electron chi connectivity index (χ4n) is 0.321. The summed E-state index contributed by atoms with van der Waals surface area (Å²) < 4.78 is 4.67. The van der Waals surface area contributed by atoms with Crippen molar-refractivity contribution in [2.75, 3.05) is 6.61 Å². The number of esters is 1. The molecular weight excluding hydrogens is 132 g/mol. The largest absolute Gasteiger partial charge is 0.457 e. The number of aliphatic hydroxyl groups excluding tert-OH is 1. The third kappa shape index (κ3) is 3.25. The molecule has 0 aromatic rings. The SMILES string of the molecule is C=C(C)C(=O)O[C@@H](C)CO. The first-order valence-corrected chi connectivity index (χ1v) is 3.05. The topological polar surface area (TPSA) is 46.5 Å². The average molecular weight is 144 g/mol. The zero-order chi connectivity index (χ0) is 8.15. The Hall–Kier alpha value is -0.830. The highest BCUT2D eigenvalue weighted by Crippen LogP contribution is 1.96. The average Bonchev–Trinajstić information content (AvgIpc) is 1.87. The lowest BCUT2D eigenvalue weighted by molar-refractivity contribution is -0.145. The Labute approximate surface area is 60.3 Å². The molecule has 0 heterocycles. The van der Waals surface area contributed by atoms with E-state index in [0.29, 0.717) is 5.57 Å². The molecule has 58 valence electrons. The van der Waals surface area contributed by atoms with E-state index in [1.165, 1.54) is 0 Å². The smallest absolute Gasteiger partial charge is 0.333 e. The van der Waals surface area contributed by atoms with Gasteiger partial charge in [-0.05, 0) is 13.8 Å². The molecule has 0 radical (unpaired) electrons. The van der Waals surface area contributed by atoms with E-state index < -0.39 is 12.1 Å². The molecule has 10 heavy (non-hydrogen) atoms. The number of rotatable bonds is 3. The van der Waals surface area contributed by atoms with Gasteiger partial charge in [-0.15, -0.1) is 0 Å². The van der Waals surface area contributed by atoms with Gasteiger partial charge in [0.15, 0.2) is 0 Å². The standard InChI is InChI=1S/C7H12O3/c1-5(2)7(9)10-6(3)4-8/h6,8H,1,4H2,2-3H3/t6-/m0/s1. The van der Waals surface area contributed by atoms with Crippen molar-refractivity contribution in [1.29, 1.82) is 0 Å². The lowest BCUT2D eigenvalue weighted by Crippen LogP contribution is -2.18. The van der Waals surface area contributed by atoms with E-state index >= 15 is 0 Å². The highest BCUT2D eigenvalue weighted by Gasteiger charge is 2.07. The molecule has 0 aliphatic carbocycles. The van der Waals surface area contributed by atoms with Crippen molar-refractivity contribution < 1.29 is 14.6 Å². The van der Waals surface area contributed by atoms with Gasteiger partial charge >= 0.3 is 5.97 Å². The first-order valence-electron chi connectivity index (χ1n) is 3.05. The van der Waals surface area contributed by atoms with Crippen LogP contribution in [-0.2, 0) is 9.53 Å². The van der Waals surface area contributed by atoms with Crippen LogP contribution in [0.1, 0.15) is 13.8 Å². The van der Waals surface area contributed by atoms with Gasteiger partial charge in [0.1, 0.15) is 6.10 Å². The molecule has 0 aliphatic rings. The Morgan fingerprint density at radius 1 is 1.80 bits per heavy atom. The Kier molecular flexibility index (Phi) is 3.72. The first kappa shape index (κ1) is 9.17. The number of hydrogen-bond donors (Lipinski definition) is 1. The number of aliphatic hydroxyl groups is 1. The molecule has 0 spiro atoms. The van der Waals surface area contributed by atoms with Crippen LogP contribution in [0.2, 0.25) is 0 Å². The maximum Gasteiger partial charge on any atom is 0.333 e. The monoisotopic (exact) mass is 144 g/mol. The van der Waals surface area contributed by atoms with Crippen LogP contribution >= 0.6 is 0 Å². The molecule has 3 heteroatoms. The summed E-state index contributed by atoms with van der Waals surface area (Å²) in [6.07, 6.45) is -0.441. The molecule has 0 aromatic carbocycles. The third-order valence-electron chi connectivity index (χ3n) is 0.914. The van der Waals surface area contributed by atoms with Gasteiger partial charge in [-0.2, -0.15) is 0 Å². The van der Waals surface area contributed by atoms with Gasteiger partial charge in [0.2, 0.25) is 0 Å². The number of hydrogen-bond acceptors (Lipinski definition) is 3. The molecule has 3 nitrogen and oxygen atoms in total. The Balaban J connectivity index is 3.68.